The molecule has 1 fully saturated rings. The Morgan fingerprint density at radius 3 is 2.57 bits per heavy atom. The smallest absolute Gasteiger partial charge is 0.393 e. The van der Waals surface area contributed by atoms with Gasteiger partial charge in [-0.2, -0.15) is 13.2 Å². The molecule has 1 N–H and O–H groups in total. The Morgan fingerprint density at radius 2 is 2.05 bits per heavy atom. The molecule has 1 aliphatic heterocycles. The zero-order valence-electron chi connectivity index (χ0n) is 10.9. The molecule has 0 bridgehead atoms. The van der Waals surface area contributed by atoms with Gasteiger partial charge in [0.1, 0.15) is 5.69 Å². The lowest BCUT2D eigenvalue weighted by Crippen LogP contribution is -2.44. The molecule has 1 unspecified atom stereocenters. The Hall–Kier alpha value is -2.12. The molecular weight excluding hydrogens is 289 g/mol. The zero-order valence-corrected chi connectivity index (χ0v) is 10.9. The van der Waals surface area contributed by atoms with E-state index < -0.39 is 24.0 Å². The van der Waals surface area contributed by atoms with Crippen LogP contribution in [0.3, 0.4) is 0 Å². The number of rotatable bonds is 2. The maximum absolute atomic E-state index is 12.7. The van der Waals surface area contributed by atoms with Crippen LogP contribution in [0.4, 0.5) is 13.2 Å². The lowest BCUT2D eigenvalue weighted by Gasteiger charge is -2.33. The summed E-state index contributed by atoms with van der Waals surface area (Å²) in [5.74, 6) is -3.31. The number of halogens is 3. The second kappa shape index (κ2) is 5.71. The van der Waals surface area contributed by atoms with Gasteiger partial charge in [0.05, 0.1) is 11.5 Å². The van der Waals surface area contributed by atoms with Crippen molar-refractivity contribution < 1.29 is 27.9 Å². The van der Waals surface area contributed by atoms with Gasteiger partial charge in [-0.1, -0.05) is 0 Å². The summed E-state index contributed by atoms with van der Waals surface area (Å²) in [6, 6.07) is 2.41. The molecule has 1 aromatic heterocycles. The molecule has 0 radical (unpaired) electrons. The highest BCUT2D eigenvalue weighted by Gasteiger charge is 2.42. The van der Waals surface area contributed by atoms with Gasteiger partial charge in [-0.3, -0.25) is 4.79 Å². The first kappa shape index (κ1) is 15.3. The summed E-state index contributed by atoms with van der Waals surface area (Å²) in [5, 5.41) is 8.70. The Morgan fingerprint density at radius 1 is 1.33 bits per heavy atom. The number of amides is 1. The van der Waals surface area contributed by atoms with Crippen LogP contribution in [0.5, 0.6) is 0 Å². The minimum atomic E-state index is -4.32. The molecule has 21 heavy (non-hydrogen) atoms. The third-order valence-electron chi connectivity index (χ3n) is 3.40. The van der Waals surface area contributed by atoms with Gasteiger partial charge < -0.3 is 10.0 Å². The van der Waals surface area contributed by atoms with Crippen molar-refractivity contribution in [3.63, 3.8) is 0 Å². The third kappa shape index (κ3) is 3.50. The van der Waals surface area contributed by atoms with Crippen LogP contribution in [0.15, 0.2) is 18.3 Å². The van der Waals surface area contributed by atoms with E-state index in [0.717, 1.165) is 17.2 Å². The van der Waals surface area contributed by atoms with Gasteiger partial charge in [0.2, 0.25) is 0 Å². The molecule has 0 saturated carbocycles. The summed E-state index contributed by atoms with van der Waals surface area (Å²) < 4.78 is 38.1. The fourth-order valence-corrected chi connectivity index (χ4v) is 2.26. The molecule has 1 atom stereocenters. The highest BCUT2D eigenvalue weighted by molar-refractivity contribution is 5.95. The number of aromatic carboxylic acids is 1. The minimum absolute atomic E-state index is 0.0173. The molecule has 0 spiro atoms. The quantitative estimate of drug-likeness (QED) is 0.909. The van der Waals surface area contributed by atoms with Crippen molar-refractivity contribution in [3.8, 4) is 0 Å². The number of carbonyl (C=O) groups is 2. The van der Waals surface area contributed by atoms with Crippen molar-refractivity contribution in [2.75, 3.05) is 13.1 Å². The summed E-state index contributed by atoms with van der Waals surface area (Å²) >= 11 is 0. The van der Waals surface area contributed by atoms with Crippen LogP contribution in [0, 0.1) is 5.92 Å². The average molecular weight is 302 g/mol. The predicted molar refractivity (Wildman–Crippen MR) is 65.9 cm³/mol. The maximum atomic E-state index is 12.7. The first-order valence-electron chi connectivity index (χ1n) is 6.34. The van der Waals surface area contributed by atoms with Gasteiger partial charge in [-0.25, -0.2) is 9.78 Å². The Bertz CT molecular complexity index is 543. The van der Waals surface area contributed by atoms with Gasteiger partial charge in [0, 0.05) is 19.3 Å². The van der Waals surface area contributed by atoms with Crippen molar-refractivity contribution in [2.45, 2.75) is 19.0 Å². The van der Waals surface area contributed by atoms with E-state index in [-0.39, 0.29) is 37.2 Å². The van der Waals surface area contributed by atoms with Gasteiger partial charge in [0.15, 0.2) is 0 Å². The van der Waals surface area contributed by atoms with Crippen LogP contribution >= 0.6 is 0 Å². The number of hydrogen-bond donors (Lipinski definition) is 1. The second-order valence-electron chi connectivity index (χ2n) is 4.87. The van der Waals surface area contributed by atoms with Crippen molar-refractivity contribution >= 4 is 11.9 Å². The number of carbonyl (C=O) groups excluding carboxylic acids is 1. The molecule has 0 aliphatic carbocycles. The van der Waals surface area contributed by atoms with E-state index in [1.54, 1.807) is 0 Å². The summed E-state index contributed by atoms with van der Waals surface area (Å²) in [6.45, 7) is -0.116. The summed E-state index contributed by atoms with van der Waals surface area (Å²) in [5.41, 5.74) is -0.138. The number of piperidine rings is 1. The number of hydrogen-bond acceptors (Lipinski definition) is 3. The van der Waals surface area contributed by atoms with Gasteiger partial charge >= 0.3 is 12.1 Å². The van der Waals surface area contributed by atoms with Crippen LogP contribution in [-0.4, -0.2) is 46.1 Å². The molecule has 2 heterocycles. The summed E-state index contributed by atoms with van der Waals surface area (Å²) in [4.78, 5) is 27.5. The fourth-order valence-electron chi connectivity index (χ4n) is 2.26. The molecule has 0 aromatic carbocycles. The Balaban J connectivity index is 2.10. The van der Waals surface area contributed by atoms with Gasteiger partial charge in [-0.15, -0.1) is 0 Å². The highest BCUT2D eigenvalue weighted by atomic mass is 19.4. The first-order valence-corrected chi connectivity index (χ1v) is 6.34. The van der Waals surface area contributed by atoms with E-state index in [4.69, 9.17) is 5.11 Å². The molecular formula is C13H13F3N2O3. The van der Waals surface area contributed by atoms with Crippen LogP contribution in [0.25, 0.3) is 0 Å². The van der Waals surface area contributed by atoms with Crippen molar-refractivity contribution in [3.05, 3.63) is 29.6 Å². The standard InChI is InChI=1S/C13H13F3N2O3/c14-13(15,16)9-2-1-5-18(7-9)11(19)8-3-4-10(12(20)21)17-6-8/h3-4,6,9H,1-2,5,7H2,(H,20,21). The van der Waals surface area contributed by atoms with E-state index in [9.17, 15) is 22.8 Å². The molecule has 2 rings (SSSR count). The van der Waals surface area contributed by atoms with Crippen LogP contribution in [0.2, 0.25) is 0 Å². The van der Waals surface area contributed by atoms with E-state index in [1.807, 2.05) is 0 Å². The second-order valence-corrected chi connectivity index (χ2v) is 4.87. The zero-order chi connectivity index (χ0) is 15.6. The Kier molecular flexibility index (Phi) is 4.15. The molecule has 1 saturated heterocycles. The van der Waals surface area contributed by atoms with Gasteiger partial charge in [-0.05, 0) is 25.0 Å². The lowest BCUT2D eigenvalue weighted by molar-refractivity contribution is -0.184. The first-order chi connectivity index (χ1) is 9.79. The number of carboxylic acid groups (broad SMARTS) is 1. The molecule has 114 valence electrons. The number of carboxylic acids is 1. The average Bonchev–Trinajstić information content (AvgIpc) is 2.46. The lowest BCUT2D eigenvalue weighted by atomic mass is 9.97. The van der Waals surface area contributed by atoms with Crippen molar-refractivity contribution in [1.82, 2.24) is 9.88 Å². The van der Waals surface area contributed by atoms with Crippen molar-refractivity contribution in [2.24, 2.45) is 5.92 Å². The fraction of sp³-hybridized carbons (Fsp3) is 0.462. The summed E-state index contributed by atoms with van der Waals surface area (Å²) in [6.07, 6.45) is -2.94. The Labute approximate surface area is 118 Å². The SMILES string of the molecule is O=C(O)c1ccc(C(=O)N2CCCC(C(F)(F)F)C2)cn1. The normalized spacial score (nSPS) is 19.4. The molecule has 1 amide bonds. The maximum Gasteiger partial charge on any atom is 0.393 e. The number of aromatic nitrogens is 1. The molecule has 5 nitrogen and oxygen atoms in total. The largest absolute Gasteiger partial charge is 0.477 e. The third-order valence-corrected chi connectivity index (χ3v) is 3.40. The van der Waals surface area contributed by atoms with E-state index in [1.165, 1.54) is 6.07 Å². The van der Waals surface area contributed by atoms with Crippen molar-refractivity contribution in [1.29, 1.82) is 0 Å². The predicted octanol–water partition coefficient (Wildman–Crippen LogP) is 2.19. The monoisotopic (exact) mass is 302 g/mol. The number of likely N-dealkylation sites (tertiary alicyclic amines) is 1. The van der Waals surface area contributed by atoms with Crippen LogP contribution in [0.1, 0.15) is 33.7 Å². The number of pyridine rings is 1. The highest BCUT2D eigenvalue weighted by Crippen LogP contribution is 2.33. The molecule has 1 aromatic rings. The van der Waals surface area contributed by atoms with E-state index in [0.29, 0.717) is 0 Å². The molecule has 8 heteroatoms. The number of nitrogens with zero attached hydrogens (tertiary/aromatic N) is 2. The minimum Gasteiger partial charge on any atom is -0.477 e. The van der Waals surface area contributed by atoms with Gasteiger partial charge in [0.25, 0.3) is 5.91 Å². The van der Waals surface area contributed by atoms with E-state index in [2.05, 4.69) is 4.98 Å². The number of alkyl halides is 3. The summed E-state index contributed by atoms with van der Waals surface area (Å²) in [7, 11) is 0. The van der Waals surface area contributed by atoms with Crippen LogP contribution < -0.4 is 0 Å². The molecule has 1 aliphatic rings. The van der Waals surface area contributed by atoms with E-state index >= 15 is 0 Å². The topological polar surface area (TPSA) is 70.5 Å². The van der Waals surface area contributed by atoms with Crippen LogP contribution in [-0.2, 0) is 0 Å².